The van der Waals surface area contributed by atoms with Gasteiger partial charge in [-0.1, -0.05) is 43.3 Å². The largest absolute Gasteiger partial charge is 0.419 e. The fourth-order valence-corrected chi connectivity index (χ4v) is 3.83. The Hall–Kier alpha value is -3.60. The number of ketones is 1. The molecule has 0 radical (unpaired) electrons. The summed E-state index contributed by atoms with van der Waals surface area (Å²) in [5, 5.41) is 32.9. The van der Waals surface area contributed by atoms with Gasteiger partial charge in [0.25, 0.3) is 11.7 Å². The molecule has 2 heterocycles. The number of carbonyl (C=O) groups excluding carboxylic acids is 4. The van der Waals surface area contributed by atoms with Crippen molar-refractivity contribution in [3.63, 3.8) is 0 Å². The number of hydrogen-bond acceptors (Lipinski definition) is 8. The molecule has 2 fully saturated rings. The highest BCUT2D eigenvalue weighted by molar-refractivity contribution is 6.29. The minimum absolute atomic E-state index is 0.0910. The molecule has 166 valence electrons. The number of cyclic esters (lactones) is 1. The fraction of sp³-hybridized carbons (Fsp3) is 0.273. The molecular weight excluding hydrogens is 420 g/mol. The normalized spacial score (nSPS) is 26.5. The number of anilines is 2. The summed E-state index contributed by atoms with van der Waals surface area (Å²) in [6.07, 6.45) is -0.541. The van der Waals surface area contributed by atoms with Crippen LogP contribution in [0, 0.1) is 5.92 Å². The van der Waals surface area contributed by atoms with E-state index in [4.69, 9.17) is 4.74 Å². The standard InChI is InChI=1S/C22H20N2O8/c1-13-12-16(25)22(31,32-19(13)27)21(29,30)17-18(26)24(15-10-6-3-7-11-15)20(28)23(17)14-8-4-2-5-9-14/h2-11,13,17,29-31H,12H2,1H3. The number of hydrogen-bond donors (Lipinski definition) is 3. The maximum Gasteiger partial charge on any atom is 0.336 e. The molecule has 2 saturated heterocycles. The summed E-state index contributed by atoms with van der Waals surface area (Å²) in [7, 11) is 0. The lowest BCUT2D eigenvalue weighted by atomic mass is 9.86. The number of rotatable bonds is 4. The SMILES string of the molecule is CC1CC(=O)C(O)(C(O)(O)C2C(=O)N(c3ccccc3)C(=O)N2c2ccccc2)OC1=O. The van der Waals surface area contributed by atoms with Gasteiger partial charge in [0, 0.05) is 12.1 Å². The van der Waals surface area contributed by atoms with Gasteiger partial charge in [-0.15, -0.1) is 0 Å². The van der Waals surface area contributed by atoms with Crippen molar-refractivity contribution in [2.45, 2.75) is 31.0 Å². The van der Waals surface area contributed by atoms with Crippen LogP contribution < -0.4 is 9.80 Å². The van der Waals surface area contributed by atoms with Gasteiger partial charge >= 0.3 is 17.8 Å². The Morgan fingerprint density at radius 2 is 1.47 bits per heavy atom. The van der Waals surface area contributed by atoms with E-state index >= 15 is 0 Å². The molecular formula is C22H20N2O8. The second-order valence-electron chi connectivity index (χ2n) is 7.72. The zero-order valence-corrected chi connectivity index (χ0v) is 16.9. The Morgan fingerprint density at radius 1 is 0.938 bits per heavy atom. The average Bonchev–Trinajstić information content (AvgIpc) is 3.04. The minimum atomic E-state index is -3.66. The van der Waals surface area contributed by atoms with E-state index in [-0.39, 0.29) is 11.4 Å². The Morgan fingerprint density at radius 3 is 2.03 bits per heavy atom. The van der Waals surface area contributed by atoms with Gasteiger partial charge in [0.15, 0.2) is 6.04 Å². The van der Waals surface area contributed by atoms with Crippen LogP contribution in [0.2, 0.25) is 0 Å². The smallest absolute Gasteiger partial charge is 0.336 e. The number of amides is 3. The van der Waals surface area contributed by atoms with Gasteiger partial charge in [0.1, 0.15) is 0 Å². The van der Waals surface area contributed by atoms with Crippen LogP contribution >= 0.6 is 0 Å². The number of benzene rings is 2. The first-order valence-electron chi connectivity index (χ1n) is 9.80. The van der Waals surface area contributed by atoms with Crippen LogP contribution in [0.25, 0.3) is 0 Å². The molecule has 3 N–H and O–H groups in total. The predicted molar refractivity (Wildman–Crippen MR) is 109 cm³/mol. The number of nitrogens with zero attached hydrogens (tertiary/aromatic N) is 2. The molecule has 4 rings (SSSR count). The molecule has 3 unspecified atom stereocenters. The van der Waals surface area contributed by atoms with Gasteiger partial charge in [0.2, 0.25) is 5.78 Å². The summed E-state index contributed by atoms with van der Waals surface area (Å²) in [4.78, 5) is 52.7. The minimum Gasteiger partial charge on any atom is -0.419 e. The van der Waals surface area contributed by atoms with Gasteiger partial charge < -0.3 is 20.1 Å². The average molecular weight is 440 g/mol. The molecule has 3 atom stereocenters. The van der Waals surface area contributed by atoms with Crippen LogP contribution in [-0.2, 0) is 19.1 Å². The molecule has 0 spiro atoms. The molecule has 2 aromatic rings. The molecule has 2 aliphatic heterocycles. The third kappa shape index (κ3) is 3.08. The molecule has 10 nitrogen and oxygen atoms in total. The van der Waals surface area contributed by atoms with Crippen molar-refractivity contribution >= 4 is 35.1 Å². The van der Waals surface area contributed by atoms with Gasteiger partial charge in [-0.3, -0.25) is 19.3 Å². The molecule has 10 heteroatoms. The molecule has 0 saturated carbocycles. The highest BCUT2D eigenvalue weighted by atomic mass is 16.7. The van der Waals surface area contributed by atoms with Crippen molar-refractivity contribution in [2.75, 3.05) is 9.80 Å². The summed E-state index contributed by atoms with van der Waals surface area (Å²) >= 11 is 0. The maximum absolute atomic E-state index is 13.4. The molecule has 0 aliphatic carbocycles. The second kappa shape index (κ2) is 7.52. The zero-order chi connectivity index (χ0) is 23.3. The van der Waals surface area contributed by atoms with E-state index in [2.05, 4.69) is 0 Å². The first-order chi connectivity index (χ1) is 15.1. The second-order valence-corrected chi connectivity index (χ2v) is 7.72. The predicted octanol–water partition coefficient (Wildman–Crippen LogP) is 0.550. The van der Waals surface area contributed by atoms with Crippen LogP contribution in [-0.4, -0.2) is 56.6 Å². The summed E-state index contributed by atoms with van der Waals surface area (Å²) in [6, 6.07) is 12.2. The number of para-hydroxylation sites is 2. The van der Waals surface area contributed by atoms with E-state index < -0.39 is 53.6 Å². The van der Waals surface area contributed by atoms with Gasteiger partial charge in [-0.25, -0.2) is 9.69 Å². The maximum atomic E-state index is 13.4. The van der Waals surface area contributed by atoms with Gasteiger partial charge in [0.05, 0.1) is 11.6 Å². The zero-order valence-electron chi connectivity index (χ0n) is 16.9. The lowest BCUT2D eigenvalue weighted by Gasteiger charge is -2.43. The number of urea groups is 1. The van der Waals surface area contributed by atoms with Crippen LogP contribution in [0.3, 0.4) is 0 Å². The number of esters is 1. The monoisotopic (exact) mass is 440 g/mol. The van der Waals surface area contributed by atoms with Gasteiger partial charge in [-0.05, 0) is 24.3 Å². The molecule has 2 aliphatic rings. The van der Waals surface area contributed by atoms with E-state index in [1.807, 2.05) is 0 Å². The number of Topliss-reactive ketones (excluding diaryl/α,β-unsaturated/α-hetero) is 1. The number of carbonyl (C=O) groups is 4. The van der Waals surface area contributed by atoms with Crippen LogP contribution in [0.4, 0.5) is 16.2 Å². The number of ether oxygens (including phenoxy) is 1. The van der Waals surface area contributed by atoms with E-state index in [0.29, 0.717) is 4.90 Å². The van der Waals surface area contributed by atoms with Crippen molar-refractivity contribution in [3.05, 3.63) is 60.7 Å². The van der Waals surface area contributed by atoms with E-state index in [1.165, 1.54) is 31.2 Å². The van der Waals surface area contributed by atoms with E-state index in [1.54, 1.807) is 36.4 Å². The van der Waals surface area contributed by atoms with Crippen molar-refractivity contribution in [2.24, 2.45) is 5.92 Å². The van der Waals surface area contributed by atoms with Crippen molar-refractivity contribution in [1.82, 2.24) is 0 Å². The summed E-state index contributed by atoms with van der Waals surface area (Å²) in [5.74, 6) is -11.4. The lowest BCUT2D eigenvalue weighted by Crippen LogP contribution is -2.72. The van der Waals surface area contributed by atoms with Gasteiger partial charge in [-0.2, -0.15) is 0 Å². The molecule has 0 aromatic heterocycles. The third-order valence-electron chi connectivity index (χ3n) is 5.56. The Kier molecular flexibility index (Phi) is 5.08. The molecule has 0 bridgehead atoms. The van der Waals surface area contributed by atoms with Crippen LogP contribution in [0.1, 0.15) is 13.3 Å². The topological polar surface area (TPSA) is 145 Å². The van der Waals surface area contributed by atoms with Crippen LogP contribution in [0.5, 0.6) is 0 Å². The van der Waals surface area contributed by atoms with E-state index in [9.17, 15) is 34.5 Å². The van der Waals surface area contributed by atoms with Crippen molar-refractivity contribution < 1.29 is 39.2 Å². The summed E-state index contributed by atoms with van der Waals surface area (Å²) < 4.78 is 4.74. The highest BCUT2D eigenvalue weighted by Gasteiger charge is 2.70. The first-order valence-corrected chi connectivity index (χ1v) is 9.80. The van der Waals surface area contributed by atoms with E-state index in [0.717, 1.165) is 4.90 Å². The quantitative estimate of drug-likeness (QED) is 0.355. The summed E-state index contributed by atoms with van der Waals surface area (Å²) in [6.45, 7) is 1.37. The van der Waals surface area contributed by atoms with Crippen molar-refractivity contribution in [1.29, 1.82) is 0 Å². The van der Waals surface area contributed by atoms with Crippen LogP contribution in [0.15, 0.2) is 60.7 Å². The Labute approximate surface area is 182 Å². The highest BCUT2D eigenvalue weighted by Crippen LogP contribution is 2.41. The Balaban J connectivity index is 1.86. The number of imide groups is 1. The molecule has 32 heavy (non-hydrogen) atoms. The third-order valence-corrected chi connectivity index (χ3v) is 5.56. The molecule has 2 aromatic carbocycles. The first kappa shape index (κ1) is 21.6. The summed E-state index contributed by atoms with van der Waals surface area (Å²) in [5.41, 5.74) is 0.225. The molecule has 3 amide bonds. The number of aliphatic hydroxyl groups is 3. The Bertz CT molecular complexity index is 1090. The lowest BCUT2D eigenvalue weighted by molar-refractivity contribution is -0.347. The fourth-order valence-electron chi connectivity index (χ4n) is 3.83. The van der Waals surface area contributed by atoms with Crippen molar-refractivity contribution in [3.8, 4) is 0 Å².